The maximum absolute atomic E-state index is 12.3. The van der Waals surface area contributed by atoms with Crippen LogP contribution < -0.4 is 5.43 Å². The number of carbonyl (C=O) groups excluding carboxylic acids is 1. The maximum atomic E-state index is 12.3. The number of hydrogen-bond donors (Lipinski definition) is 1. The third-order valence-electron chi connectivity index (χ3n) is 4.77. The minimum absolute atomic E-state index is 0.130. The van der Waals surface area contributed by atoms with Crippen LogP contribution >= 0.6 is 11.8 Å². The van der Waals surface area contributed by atoms with E-state index in [1.165, 1.54) is 10.5 Å². The van der Waals surface area contributed by atoms with Crippen molar-refractivity contribution in [1.82, 2.24) is 5.43 Å². The number of hydrazone groups is 1. The normalized spacial score (nSPS) is 11.1. The summed E-state index contributed by atoms with van der Waals surface area (Å²) in [6.45, 7) is 2.09. The summed E-state index contributed by atoms with van der Waals surface area (Å²) in [4.78, 5) is 14.7. The molecule has 30 heavy (non-hydrogen) atoms. The molecule has 4 heteroatoms. The number of benzene rings is 4. The van der Waals surface area contributed by atoms with Crippen molar-refractivity contribution in [2.45, 2.75) is 23.1 Å². The molecule has 0 fully saturated rings. The van der Waals surface area contributed by atoms with Crippen molar-refractivity contribution in [1.29, 1.82) is 0 Å². The Morgan fingerprint density at radius 2 is 1.53 bits per heavy atom. The van der Waals surface area contributed by atoms with E-state index in [2.05, 4.69) is 66.0 Å². The van der Waals surface area contributed by atoms with Crippen molar-refractivity contribution >= 4 is 34.7 Å². The van der Waals surface area contributed by atoms with Gasteiger partial charge in [0.15, 0.2) is 0 Å². The molecule has 4 aromatic carbocycles. The van der Waals surface area contributed by atoms with Crippen molar-refractivity contribution in [2.24, 2.45) is 5.10 Å². The number of nitrogens with zero attached hydrogens (tertiary/aromatic N) is 1. The molecule has 0 aliphatic rings. The van der Waals surface area contributed by atoms with Crippen molar-refractivity contribution in [3.05, 3.63) is 108 Å². The topological polar surface area (TPSA) is 41.5 Å². The fourth-order valence-corrected chi connectivity index (χ4v) is 4.02. The number of aryl methyl sites for hydroxylation is 1. The Balaban J connectivity index is 1.33. The molecule has 0 radical (unpaired) electrons. The van der Waals surface area contributed by atoms with E-state index in [9.17, 15) is 4.79 Å². The average Bonchev–Trinajstić information content (AvgIpc) is 2.77. The number of carbonyl (C=O) groups is 1. The molecular weight excluding hydrogens is 388 g/mol. The van der Waals surface area contributed by atoms with Crippen molar-refractivity contribution in [3.63, 3.8) is 0 Å². The fourth-order valence-electron chi connectivity index (χ4n) is 3.20. The van der Waals surface area contributed by atoms with Gasteiger partial charge in [0, 0.05) is 9.79 Å². The molecule has 0 unspecified atom stereocenters. The first-order chi connectivity index (χ1) is 14.7. The molecule has 0 spiro atoms. The molecule has 0 aromatic heterocycles. The van der Waals surface area contributed by atoms with Gasteiger partial charge in [-0.05, 0) is 53.1 Å². The molecule has 0 heterocycles. The van der Waals surface area contributed by atoms with E-state index >= 15 is 0 Å². The van der Waals surface area contributed by atoms with Crippen LogP contribution in [0.1, 0.15) is 16.7 Å². The molecule has 0 atom stereocenters. The minimum atomic E-state index is -0.130. The second-order valence-electron chi connectivity index (χ2n) is 7.09. The van der Waals surface area contributed by atoms with Gasteiger partial charge >= 0.3 is 0 Å². The Kier molecular flexibility index (Phi) is 6.26. The Labute approximate surface area is 180 Å². The number of nitrogens with one attached hydrogen (secondary N) is 1. The highest BCUT2D eigenvalue weighted by Gasteiger charge is 2.06. The monoisotopic (exact) mass is 410 g/mol. The first-order valence-corrected chi connectivity index (χ1v) is 10.6. The molecule has 148 valence electrons. The Morgan fingerprint density at radius 1 is 0.867 bits per heavy atom. The van der Waals surface area contributed by atoms with Crippen LogP contribution in [0.3, 0.4) is 0 Å². The van der Waals surface area contributed by atoms with Gasteiger partial charge in [-0.25, -0.2) is 5.43 Å². The van der Waals surface area contributed by atoms with Crippen LogP contribution in [0.2, 0.25) is 0 Å². The van der Waals surface area contributed by atoms with E-state index in [-0.39, 0.29) is 5.91 Å². The highest BCUT2D eigenvalue weighted by molar-refractivity contribution is 7.99. The zero-order chi connectivity index (χ0) is 20.8. The van der Waals surface area contributed by atoms with Crippen LogP contribution in [0.5, 0.6) is 0 Å². The minimum Gasteiger partial charge on any atom is -0.273 e. The summed E-state index contributed by atoms with van der Waals surface area (Å²) in [6, 6.07) is 30.7. The predicted octanol–water partition coefficient (Wildman–Crippen LogP) is 5.99. The molecule has 0 saturated carbocycles. The summed E-state index contributed by atoms with van der Waals surface area (Å²) in [5.74, 6) is -0.130. The maximum Gasteiger partial charge on any atom is 0.244 e. The van der Waals surface area contributed by atoms with Gasteiger partial charge in [-0.3, -0.25) is 4.79 Å². The fraction of sp³-hybridized carbons (Fsp3) is 0.0769. The second-order valence-corrected chi connectivity index (χ2v) is 8.24. The smallest absolute Gasteiger partial charge is 0.244 e. The lowest BCUT2D eigenvalue weighted by Crippen LogP contribution is -2.19. The van der Waals surface area contributed by atoms with E-state index in [1.807, 2.05) is 42.5 Å². The Bertz CT molecular complexity index is 1180. The highest BCUT2D eigenvalue weighted by Crippen LogP contribution is 2.27. The summed E-state index contributed by atoms with van der Waals surface area (Å²) in [6.07, 6.45) is 1.96. The van der Waals surface area contributed by atoms with E-state index < -0.39 is 0 Å². The molecule has 0 aliphatic heterocycles. The lowest BCUT2D eigenvalue weighted by atomic mass is 10.0. The molecule has 3 nitrogen and oxygen atoms in total. The lowest BCUT2D eigenvalue weighted by molar-refractivity contribution is -0.120. The van der Waals surface area contributed by atoms with Crippen molar-refractivity contribution in [3.8, 4) is 0 Å². The van der Waals surface area contributed by atoms with Crippen molar-refractivity contribution in [2.75, 3.05) is 0 Å². The molecular formula is C26H22N2OS. The van der Waals surface area contributed by atoms with Crippen molar-refractivity contribution < 1.29 is 4.79 Å². The third-order valence-corrected chi connectivity index (χ3v) is 5.79. The average molecular weight is 411 g/mol. The molecule has 1 amide bonds. The van der Waals surface area contributed by atoms with Gasteiger partial charge in [-0.15, -0.1) is 0 Å². The van der Waals surface area contributed by atoms with E-state index in [0.717, 1.165) is 26.8 Å². The Morgan fingerprint density at radius 3 is 2.30 bits per heavy atom. The largest absolute Gasteiger partial charge is 0.273 e. The van der Waals surface area contributed by atoms with Crippen LogP contribution in [0.25, 0.3) is 10.8 Å². The Hall–Kier alpha value is -3.37. The standard InChI is InChI=1S/C26H22N2OS/c1-19-9-13-23(14-10-19)30-24-15-11-20(12-16-24)18-27-28-26(29)17-22-7-4-6-21-5-2-3-8-25(21)22/h2-16,18H,17H2,1H3,(H,28,29)/b27-18-. The van der Waals surface area contributed by atoms with Gasteiger partial charge in [0.1, 0.15) is 0 Å². The van der Waals surface area contributed by atoms with Crippen LogP contribution in [-0.2, 0) is 11.2 Å². The summed E-state index contributed by atoms with van der Waals surface area (Å²) in [7, 11) is 0. The van der Waals surface area contributed by atoms with Gasteiger partial charge in [0.05, 0.1) is 12.6 Å². The first-order valence-electron chi connectivity index (χ1n) is 9.80. The molecule has 4 aromatic rings. The van der Waals surface area contributed by atoms with Crippen LogP contribution in [-0.4, -0.2) is 12.1 Å². The first kappa shape index (κ1) is 19.9. The van der Waals surface area contributed by atoms with Crippen LogP contribution in [0.4, 0.5) is 0 Å². The summed E-state index contributed by atoms with van der Waals surface area (Å²) < 4.78 is 0. The molecule has 0 bridgehead atoms. The van der Waals surface area contributed by atoms with Gasteiger partial charge in [-0.2, -0.15) is 5.10 Å². The number of hydrogen-bond acceptors (Lipinski definition) is 3. The van der Waals surface area contributed by atoms with E-state index in [0.29, 0.717) is 6.42 Å². The zero-order valence-electron chi connectivity index (χ0n) is 16.7. The summed E-state index contributed by atoms with van der Waals surface area (Å²) >= 11 is 1.72. The third kappa shape index (κ3) is 5.16. The van der Waals surface area contributed by atoms with Gasteiger partial charge in [-0.1, -0.05) is 84.1 Å². The van der Waals surface area contributed by atoms with Gasteiger partial charge in [0.25, 0.3) is 0 Å². The summed E-state index contributed by atoms with van der Waals surface area (Å²) in [5, 5.41) is 6.34. The molecule has 4 rings (SSSR count). The number of fused-ring (bicyclic) bond motifs is 1. The second kappa shape index (κ2) is 9.42. The highest BCUT2D eigenvalue weighted by atomic mass is 32.2. The molecule has 0 aliphatic carbocycles. The van der Waals surface area contributed by atoms with Crippen LogP contribution in [0.15, 0.2) is 106 Å². The quantitative estimate of drug-likeness (QED) is 0.313. The SMILES string of the molecule is Cc1ccc(Sc2ccc(/C=N\NC(=O)Cc3cccc4ccccc34)cc2)cc1. The van der Waals surface area contributed by atoms with Gasteiger partial charge < -0.3 is 0 Å². The number of rotatable bonds is 6. The lowest BCUT2D eigenvalue weighted by Gasteiger charge is -2.05. The molecule has 0 saturated heterocycles. The van der Waals surface area contributed by atoms with Crippen LogP contribution in [0, 0.1) is 6.92 Å². The molecule has 1 N–H and O–H groups in total. The van der Waals surface area contributed by atoms with E-state index in [4.69, 9.17) is 0 Å². The van der Waals surface area contributed by atoms with E-state index in [1.54, 1.807) is 18.0 Å². The number of amides is 1. The predicted molar refractivity (Wildman–Crippen MR) is 125 cm³/mol. The zero-order valence-corrected chi connectivity index (χ0v) is 17.5. The summed E-state index contributed by atoms with van der Waals surface area (Å²) in [5.41, 5.74) is 5.82. The van der Waals surface area contributed by atoms with Gasteiger partial charge in [0.2, 0.25) is 5.91 Å².